The Morgan fingerprint density at radius 1 is 1.43 bits per heavy atom. The molecule has 1 N–H and O–H groups in total. The molecule has 3 rings (SSSR count). The molecule has 1 saturated carbocycles. The fourth-order valence-electron chi connectivity index (χ4n) is 2.42. The molecule has 0 unspecified atom stereocenters. The van der Waals surface area contributed by atoms with Crippen molar-refractivity contribution in [2.24, 2.45) is 0 Å². The van der Waals surface area contributed by atoms with Crippen LogP contribution in [0.25, 0.3) is 11.0 Å². The third-order valence-corrected chi connectivity index (χ3v) is 4.04. The predicted octanol–water partition coefficient (Wildman–Crippen LogP) is 3.14. The van der Waals surface area contributed by atoms with Crippen LogP contribution in [0.4, 0.5) is 0 Å². The number of amides is 1. The number of carbonyl (C=O) groups excluding carboxylic acids is 1. The third-order valence-electron chi connectivity index (χ3n) is 3.61. The number of aromatic nitrogens is 2. The molecule has 1 heterocycles. The summed E-state index contributed by atoms with van der Waals surface area (Å²) in [4.78, 5) is 16.4. The lowest BCUT2D eigenvalue weighted by atomic mass is 10.3. The largest absolute Gasteiger partial charge is 0.353 e. The Labute approximate surface area is 133 Å². The van der Waals surface area contributed by atoms with Crippen molar-refractivity contribution in [2.45, 2.75) is 38.3 Å². The van der Waals surface area contributed by atoms with Gasteiger partial charge in [0.1, 0.15) is 5.82 Å². The lowest BCUT2D eigenvalue weighted by Gasteiger charge is -2.09. The van der Waals surface area contributed by atoms with Gasteiger partial charge < -0.3 is 9.88 Å². The van der Waals surface area contributed by atoms with Gasteiger partial charge in [0.2, 0.25) is 5.91 Å². The van der Waals surface area contributed by atoms with Gasteiger partial charge in [0.25, 0.3) is 0 Å². The molecule has 0 radical (unpaired) electrons. The molecule has 1 amide bonds. The average Bonchev–Trinajstić information content (AvgIpc) is 3.18. The van der Waals surface area contributed by atoms with Crippen molar-refractivity contribution in [2.75, 3.05) is 5.88 Å². The predicted molar refractivity (Wildman–Crippen MR) is 84.9 cm³/mol. The molecule has 1 aromatic carbocycles. The zero-order valence-corrected chi connectivity index (χ0v) is 13.1. The Morgan fingerprint density at radius 2 is 2.24 bits per heavy atom. The fourth-order valence-corrected chi connectivity index (χ4v) is 2.75. The molecule has 6 heteroatoms. The maximum absolute atomic E-state index is 11.9. The SMILES string of the molecule is O=C(CCn1c(CCCl)nc2cc(Cl)ccc21)NC1CC1. The van der Waals surface area contributed by atoms with Crippen molar-refractivity contribution in [1.29, 1.82) is 0 Å². The lowest BCUT2D eigenvalue weighted by Crippen LogP contribution is -2.26. The highest BCUT2D eigenvalue weighted by molar-refractivity contribution is 6.31. The van der Waals surface area contributed by atoms with E-state index in [4.69, 9.17) is 23.2 Å². The maximum Gasteiger partial charge on any atom is 0.222 e. The van der Waals surface area contributed by atoms with Crippen molar-refractivity contribution in [3.8, 4) is 0 Å². The Hall–Kier alpha value is -1.26. The quantitative estimate of drug-likeness (QED) is 0.829. The molecule has 112 valence electrons. The molecule has 1 fully saturated rings. The molecule has 0 bridgehead atoms. The first-order valence-electron chi connectivity index (χ1n) is 7.17. The summed E-state index contributed by atoms with van der Waals surface area (Å²) in [7, 11) is 0. The molecule has 0 atom stereocenters. The van der Waals surface area contributed by atoms with E-state index in [1.54, 1.807) is 0 Å². The molecular formula is C15H17Cl2N3O. The van der Waals surface area contributed by atoms with Crippen LogP contribution in [0, 0.1) is 0 Å². The Kier molecular flexibility index (Phi) is 4.36. The second-order valence-electron chi connectivity index (χ2n) is 5.34. The van der Waals surface area contributed by atoms with Crippen LogP contribution in [0.3, 0.4) is 0 Å². The van der Waals surface area contributed by atoms with E-state index in [-0.39, 0.29) is 5.91 Å². The normalized spacial score (nSPS) is 14.6. The van der Waals surface area contributed by atoms with Crippen molar-refractivity contribution < 1.29 is 4.79 Å². The summed E-state index contributed by atoms with van der Waals surface area (Å²) in [5, 5.41) is 3.67. The number of hydrogen-bond acceptors (Lipinski definition) is 2. The smallest absolute Gasteiger partial charge is 0.222 e. The topological polar surface area (TPSA) is 46.9 Å². The highest BCUT2D eigenvalue weighted by atomic mass is 35.5. The summed E-state index contributed by atoms with van der Waals surface area (Å²) in [5.41, 5.74) is 1.85. The number of fused-ring (bicyclic) bond motifs is 1. The molecule has 1 aliphatic carbocycles. The minimum Gasteiger partial charge on any atom is -0.353 e. The minimum absolute atomic E-state index is 0.102. The van der Waals surface area contributed by atoms with Gasteiger partial charge in [0.15, 0.2) is 0 Å². The van der Waals surface area contributed by atoms with E-state index >= 15 is 0 Å². The summed E-state index contributed by atoms with van der Waals surface area (Å²) in [6, 6.07) is 6.03. The van der Waals surface area contributed by atoms with Crippen LogP contribution in [-0.4, -0.2) is 27.4 Å². The summed E-state index contributed by atoms with van der Waals surface area (Å²) in [6.07, 6.45) is 3.35. The number of carbonyl (C=O) groups is 1. The van der Waals surface area contributed by atoms with Gasteiger partial charge in [-0.25, -0.2) is 4.98 Å². The fraction of sp³-hybridized carbons (Fsp3) is 0.467. The summed E-state index contributed by atoms with van der Waals surface area (Å²) >= 11 is 11.9. The van der Waals surface area contributed by atoms with Crippen molar-refractivity contribution in [1.82, 2.24) is 14.9 Å². The molecule has 0 saturated heterocycles. The number of alkyl halides is 1. The highest BCUT2D eigenvalue weighted by Crippen LogP contribution is 2.22. The monoisotopic (exact) mass is 325 g/mol. The Bertz CT molecular complexity index is 664. The van der Waals surface area contributed by atoms with E-state index in [2.05, 4.69) is 14.9 Å². The Balaban J connectivity index is 1.80. The van der Waals surface area contributed by atoms with E-state index in [1.165, 1.54) is 0 Å². The maximum atomic E-state index is 11.9. The van der Waals surface area contributed by atoms with E-state index in [0.29, 0.717) is 36.3 Å². The lowest BCUT2D eigenvalue weighted by molar-refractivity contribution is -0.121. The molecule has 1 aliphatic rings. The molecule has 21 heavy (non-hydrogen) atoms. The number of benzene rings is 1. The van der Waals surface area contributed by atoms with Gasteiger partial charge in [-0.05, 0) is 31.0 Å². The number of rotatable bonds is 6. The number of hydrogen-bond donors (Lipinski definition) is 1. The number of halogens is 2. The van der Waals surface area contributed by atoms with Crippen LogP contribution >= 0.6 is 23.2 Å². The molecule has 0 spiro atoms. The van der Waals surface area contributed by atoms with E-state index in [1.807, 2.05) is 18.2 Å². The van der Waals surface area contributed by atoms with Crippen LogP contribution < -0.4 is 5.32 Å². The van der Waals surface area contributed by atoms with Gasteiger partial charge in [-0.2, -0.15) is 0 Å². The van der Waals surface area contributed by atoms with Crippen molar-refractivity contribution in [3.63, 3.8) is 0 Å². The first-order chi connectivity index (χ1) is 10.2. The molecule has 1 aromatic heterocycles. The number of aryl methyl sites for hydroxylation is 2. The van der Waals surface area contributed by atoms with Crippen LogP contribution in [-0.2, 0) is 17.8 Å². The van der Waals surface area contributed by atoms with Gasteiger partial charge in [0, 0.05) is 36.3 Å². The minimum atomic E-state index is 0.102. The second-order valence-corrected chi connectivity index (χ2v) is 6.16. The molecule has 2 aromatic rings. The van der Waals surface area contributed by atoms with Crippen LogP contribution in [0.2, 0.25) is 5.02 Å². The Morgan fingerprint density at radius 3 is 2.95 bits per heavy atom. The van der Waals surface area contributed by atoms with Crippen molar-refractivity contribution in [3.05, 3.63) is 29.0 Å². The van der Waals surface area contributed by atoms with Crippen molar-refractivity contribution >= 4 is 40.1 Å². The summed E-state index contributed by atoms with van der Waals surface area (Å²) < 4.78 is 2.07. The summed E-state index contributed by atoms with van der Waals surface area (Å²) in [5.74, 6) is 1.51. The standard InChI is InChI=1S/C15H17Cl2N3O/c16-7-5-14-19-12-9-10(17)1-4-13(12)20(14)8-6-15(21)18-11-2-3-11/h1,4,9,11H,2-3,5-8H2,(H,18,21). The van der Waals surface area contributed by atoms with E-state index in [0.717, 1.165) is 29.7 Å². The molecule has 4 nitrogen and oxygen atoms in total. The van der Waals surface area contributed by atoms with Crippen LogP contribution in [0.15, 0.2) is 18.2 Å². The third kappa shape index (κ3) is 3.50. The molecular weight excluding hydrogens is 309 g/mol. The van der Waals surface area contributed by atoms with Crippen LogP contribution in [0.1, 0.15) is 25.1 Å². The first-order valence-corrected chi connectivity index (χ1v) is 8.08. The zero-order chi connectivity index (χ0) is 14.8. The molecule has 0 aliphatic heterocycles. The van der Waals surface area contributed by atoms with E-state index in [9.17, 15) is 4.79 Å². The second kappa shape index (κ2) is 6.24. The summed E-state index contributed by atoms with van der Waals surface area (Å²) in [6.45, 7) is 0.614. The van der Waals surface area contributed by atoms with E-state index < -0.39 is 0 Å². The van der Waals surface area contributed by atoms with Crippen LogP contribution in [0.5, 0.6) is 0 Å². The van der Waals surface area contributed by atoms with Gasteiger partial charge in [-0.3, -0.25) is 4.79 Å². The zero-order valence-electron chi connectivity index (χ0n) is 11.6. The number of nitrogens with one attached hydrogen (secondary N) is 1. The number of imidazole rings is 1. The van der Waals surface area contributed by atoms with Gasteiger partial charge in [-0.15, -0.1) is 11.6 Å². The first kappa shape index (κ1) is 14.7. The van der Waals surface area contributed by atoms with Gasteiger partial charge in [-0.1, -0.05) is 11.6 Å². The van der Waals surface area contributed by atoms with Gasteiger partial charge >= 0.3 is 0 Å². The van der Waals surface area contributed by atoms with Gasteiger partial charge in [0.05, 0.1) is 11.0 Å². The highest BCUT2D eigenvalue weighted by Gasteiger charge is 2.23. The number of nitrogens with zero attached hydrogens (tertiary/aromatic N) is 2. The average molecular weight is 326 g/mol.